The van der Waals surface area contributed by atoms with Gasteiger partial charge in [-0.2, -0.15) is 0 Å². The number of halogens is 1. The quantitative estimate of drug-likeness (QED) is 0.227. The van der Waals surface area contributed by atoms with E-state index in [1.54, 1.807) is 0 Å². The molecule has 184 valence electrons. The molecule has 2 N–H and O–H groups in total. The average molecular weight is 572 g/mol. The fraction of sp³-hybridized carbons (Fsp3) is 0.667. The van der Waals surface area contributed by atoms with Crippen LogP contribution in [0.5, 0.6) is 5.75 Å². The minimum absolute atomic E-state index is 0. The summed E-state index contributed by atoms with van der Waals surface area (Å²) in [5.41, 5.74) is 1.06. The maximum absolute atomic E-state index is 12.3. The van der Waals surface area contributed by atoms with E-state index in [2.05, 4.69) is 20.5 Å². The molecule has 33 heavy (non-hydrogen) atoms. The number of hydrogen-bond acceptors (Lipinski definition) is 5. The number of carbonyl (C=O) groups excluding carboxylic acids is 1. The molecule has 9 heteroatoms. The van der Waals surface area contributed by atoms with Crippen LogP contribution in [0.4, 0.5) is 5.69 Å². The van der Waals surface area contributed by atoms with Gasteiger partial charge in [-0.25, -0.2) is 0 Å². The molecular formula is C24H38IN5O3. The van der Waals surface area contributed by atoms with Crippen LogP contribution < -0.4 is 20.3 Å². The number of guanidine groups is 1. The molecule has 1 aromatic rings. The normalized spacial score (nSPS) is 20.9. The minimum Gasteiger partial charge on any atom is -0.482 e. The Morgan fingerprint density at radius 2 is 1.88 bits per heavy atom. The van der Waals surface area contributed by atoms with Crippen LogP contribution in [-0.2, 0) is 9.53 Å². The first-order valence-electron chi connectivity index (χ1n) is 12.0. The van der Waals surface area contributed by atoms with Crippen LogP contribution in [0, 0.1) is 0 Å². The molecule has 3 aliphatic rings. The monoisotopic (exact) mass is 571 g/mol. The molecule has 1 aliphatic carbocycles. The first-order valence-corrected chi connectivity index (χ1v) is 12.0. The molecular weight excluding hydrogens is 533 g/mol. The Kier molecular flexibility index (Phi) is 10.1. The molecule has 1 amide bonds. The lowest BCUT2D eigenvalue weighted by Crippen LogP contribution is -2.60. The van der Waals surface area contributed by atoms with Crippen molar-refractivity contribution in [2.45, 2.75) is 44.1 Å². The zero-order valence-electron chi connectivity index (χ0n) is 19.7. The Hall–Kier alpha value is -1.59. The Morgan fingerprint density at radius 1 is 1.12 bits per heavy atom. The number of morpholine rings is 1. The molecule has 0 radical (unpaired) electrons. The fourth-order valence-corrected chi connectivity index (χ4v) is 5.16. The number of aliphatic imine (C=N–C) groups is 1. The zero-order valence-corrected chi connectivity index (χ0v) is 22.0. The largest absolute Gasteiger partial charge is 0.482 e. The van der Waals surface area contributed by atoms with Crippen molar-refractivity contribution in [3.05, 3.63) is 24.3 Å². The summed E-state index contributed by atoms with van der Waals surface area (Å²) in [5.74, 6) is 1.62. The number of ether oxygens (including phenoxy) is 2. The van der Waals surface area contributed by atoms with Crippen molar-refractivity contribution in [3.8, 4) is 5.75 Å². The molecule has 0 spiro atoms. The van der Waals surface area contributed by atoms with Gasteiger partial charge in [0.1, 0.15) is 5.75 Å². The van der Waals surface area contributed by atoms with Gasteiger partial charge in [0.05, 0.1) is 18.9 Å². The van der Waals surface area contributed by atoms with Gasteiger partial charge in [0.2, 0.25) is 0 Å². The van der Waals surface area contributed by atoms with Crippen LogP contribution in [0.2, 0.25) is 0 Å². The number of rotatable bonds is 7. The first kappa shape index (κ1) is 26.0. The molecule has 2 aliphatic heterocycles. The minimum atomic E-state index is 0. The van der Waals surface area contributed by atoms with E-state index in [-0.39, 0.29) is 42.0 Å². The second-order valence-corrected chi connectivity index (χ2v) is 8.89. The molecule has 0 unspecified atom stereocenters. The van der Waals surface area contributed by atoms with Gasteiger partial charge in [0.25, 0.3) is 5.91 Å². The highest BCUT2D eigenvalue weighted by Crippen LogP contribution is 2.34. The van der Waals surface area contributed by atoms with E-state index in [1.165, 1.54) is 32.1 Å². The second-order valence-electron chi connectivity index (χ2n) is 8.89. The molecule has 0 aromatic heterocycles. The van der Waals surface area contributed by atoms with Gasteiger partial charge in [-0.3, -0.25) is 14.7 Å². The number of fused-ring (bicyclic) bond motifs is 1. The Balaban J connectivity index is 0.00000306. The summed E-state index contributed by atoms with van der Waals surface area (Å²) in [6.07, 6.45) is 7.21. The number of amides is 1. The van der Waals surface area contributed by atoms with Crippen molar-refractivity contribution >= 4 is 41.5 Å². The van der Waals surface area contributed by atoms with Crippen LogP contribution >= 0.6 is 24.0 Å². The van der Waals surface area contributed by atoms with Crippen molar-refractivity contribution in [2.75, 3.05) is 64.5 Å². The molecule has 0 atom stereocenters. The maximum Gasteiger partial charge on any atom is 0.265 e. The van der Waals surface area contributed by atoms with Gasteiger partial charge < -0.3 is 25.0 Å². The molecule has 8 nitrogen and oxygen atoms in total. The number of nitrogens with zero attached hydrogens (tertiary/aromatic N) is 3. The van der Waals surface area contributed by atoms with E-state index in [9.17, 15) is 4.79 Å². The number of para-hydroxylation sites is 2. The van der Waals surface area contributed by atoms with E-state index in [4.69, 9.17) is 9.47 Å². The van der Waals surface area contributed by atoms with E-state index in [0.29, 0.717) is 6.54 Å². The molecule has 0 bridgehead atoms. The van der Waals surface area contributed by atoms with Gasteiger partial charge >= 0.3 is 0 Å². The summed E-state index contributed by atoms with van der Waals surface area (Å²) >= 11 is 0. The van der Waals surface area contributed by atoms with Gasteiger partial charge in [0.15, 0.2) is 12.6 Å². The maximum atomic E-state index is 12.3. The average Bonchev–Trinajstić information content (AvgIpc) is 2.86. The predicted octanol–water partition coefficient (Wildman–Crippen LogP) is 2.62. The molecule has 2 heterocycles. The molecule has 1 aromatic carbocycles. The molecule has 2 fully saturated rings. The Morgan fingerprint density at radius 3 is 2.64 bits per heavy atom. The topological polar surface area (TPSA) is 78.4 Å². The summed E-state index contributed by atoms with van der Waals surface area (Å²) in [4.78, 5) is 21.2. The highest BCUT2D eigenvalue weighted by Gasteiger charge is 2.38. The van der Waals surface area contributed by atoms with E-state index < -0.39 is 0 Å². The number of benzene rings is 1. The third-order valence-electron chi connectivity index (χ3n) is 6.93. The highest BCUT2D eigenvalue weighted by atomic mass is 127. The third-order valence-corrected chi connectivity index (χ3v) is 6.93. The van der Waals surface area contributed by atoms with E-state index in [0.717, 1.165) is 63.2 Å². The Bertz CT molecular complexity index is 794. The fourth-order valence-electron chi connectivity index (χ4n) is 5.16. The number of hydrogen-bond donors (Lipinski definition) is 2. The van der Waals surface area contributed by atoms with E-state index in [1.807, 2.05) is 36.2 Å². The lowest BCUT2D eigenvalue weighted by atomic mass is 9.80. The highest BCUT2D eigenvalue weighted by molar-refractivity contribution is 14.0. The van der Waals surface area contributed by atoms with Crippen molar-refractivity contribution in [1.82, 2.24) is 15.5 Å². The van der Waals surface area contributed by atoms with Crippen LogP contribution in [0.1, 0.15) is 38.5 Å². The van der Waals surface area contributed by atoms with Crippen LogP contribution in [-0.4, -0.2) is 81.9 Å². The molecule has 1 saturated heterocycles. The lowest BCUT2D eigenvalue weighted by Gasteiger charge is -2.48. The predicted molar refractivity (Wildman–Crippen MR) is 142 cm³/mol. The smallest absolute Gasteiger partial charge is 0.265 e. The number of carbonyl (C=O) groups is 1. The first-order chi connectivity index (χ1) is 15.7. The second kappa shape index (κ2) is 12.8. The standard InChI is InChI=1S/C24H37N5O3.HI/c1-25-23(27-19-24(10-5-2-6-11-24)28-14-16-31-17-15-28)26-12-7-13-29-20-8-3-4-9-21(20)32-18-22(29)30;/h3-4,8-9H,2,5-7,10-19H2,1H3,(H2,25,26,27);1H. The van der Waals surface area contributed by atoms with Crippen LogP contribution in [0.25, 0.3) is 0 Å². The number of anilines is 1. The number of nitrogens with one attached hydrogen (secondary N) is 2. The summed E-state index contributed by atoms with van der Waals surface area (Å²) in [6.45, 7) is 6.11. The lowest BCUT2D eigenvalue weighted by molar-refractivity contribution is -0.121. The Labute approximate surface area is 214 Å². The van der Waals surface area contributed by atoms with Gasteiger partial charge in [0, 0.05) is 45.3 Å². The molecule has 4 rings (SSSR count). The molecule has 1 saturated carbocycles. The third kappa shape index (κ3) is 6.51. The summed E-state index contributed by atoms with van der Waals surface area (Å²) < 4.78 is 11.1. The van der Waals surface area contributed by atoms with Crippen molar-refractivity contribution < 1.29 is 14.3 Å². The van der Waals surface area contributed by atoms with Crippen molar-refractivity contribution in [1.29, 1.82) is 0 Å². The van der Waals surface area contributed by atoms with Crippen LogP contribution in [0.15, 0.2) is 29.3 Å². The van der Waals surface area contributed by atoms with Crippen LogP contribution in [0.3, 0.4) is 0 Å². The van der Waals surface area contributed by atoms with Gasteiger partial charge in [-0.05, 0) is 31.4 Å². The van der Waals surface area contributed by atoms with Gasteiger partial charge in [-0.15, -0.1) is 24.0 Å². The van der Waals surface area contributed by atoms with E-state index >= 15 is 0 Å². The van der Waals surface area contributed by atoms with Crippen molar-refractivity contribution in [3.63, 3.8) is 0 Å². The summed E-state index contributed by atoms with van der Waals surface area (Å²) in [7, 11) is 1.82. The zero-order chi connectivity index (χ0) is 22.2. The summed E-state index contributed by atoms with van der Waals surface area (Å²) in [6, 6.07) is 7.72. The van der Waals surface area contributed by atoms with Crippen molar-refractivity contribution in [2.24, 2.45) is 4.99 Å². The van der Waals surface area contributed by atoms with Gasteiger partial charge in [-0.1, -0.05) is 31.4 Å². The summed E-state index contributed by atoms with van der Waals surface area (Å²) in [5, 5.41) is 7.03. The SMILES string of the molecule is CN=C(NCCCN1C(=O)COc2ccccc21)NCC1(N2CCOCC2)CCCCC1.I.